The fraction of sp³-hybridized carbons (Fsp3) is 0.241. The highest BCUT2D eigenvalue weighted by Crippen LogP contribution is 2.43. The van der Waals surface area contributed by atoms with Crippen molar-refractivity contribution in [1.82, 2.24) is 0 Å². The standard InChI is InChI=1S/C29H23F4NO3S/c30-23-15-18(29(31,32)33)11-12-24(23)34-27(35)22-5-1-4-20(26(22)28(36)37)17-9-7-16(8-10-17)19-3-2-6-25-21(19)13-14-38-25/h2-3,6-15,20,22,26H,1,4-5H2,(H,34,35)(H,36,37)/t20-,22-,26-/m1/s1. The lowest BCUT2D eigenvalue weighted by Crippen LogP contribution is -2.40. The summed E-state index contributed by atoms with van der Waals surface area (Å²) in [4.78, 5) is 25.4. The maximum Gasteiger partial charge on any atom is 0.416 e. The number of fused-ring (bicyclic) bond motifs is 1. The van der Waals surface area contributed by atoms with Crippen molar-refractivity contribution in [2.45, 2.75) is 31.4 Å². The van der Waals surface area contributed by atoms with E-state index in [0.717, 1.165) is 28.1 Å². The molecule has 1 aromatic heterocycles. The number of hydrogen-bond donors (Lipinski definition) is 2. The Balaban J connectivity index is 1.38. The molecule has 1 aliphatic carbocycles. The van der Waals surface area contributed by atoms with Crippen LogP contribution in [0.1, 0.15) is 36.3 Å². The molecule has 4 aromatic rings. The van der Waals surface area contributed by atoms with Gasteiger partial charge in [-0.3, -0.25) is 9.59 Å². The number of halogens is 4. The Morgan fingerprint density at radius 2 is 1.74 bits per heavy atom. The summed E-state index contributed by atoms with van der Waals surface area (Å²) in [5, 5.41) is 15.6. The molecule has 0 unspecified atom stereocenters. The van der Waals surface area contributed by atoms with Gasteiger partial charge in [-0.05, 0) is 71.2 Å². The van der Waals surface area contributed by atoms with Crippen LogP contribution in [0.5, 0.6) is 0 Å². The number of benzene rings is 3. The highest BCUT2D eigenvalue weighted by atomic mass is 32.1. The molecule has 196 valence electrons. The van der Waals surface area contributed by atoms with Crippen molar-refractivity contribution in [3.63, 3.8) is 0 Å². The van der Waals surface area contributed by atoms with Crippen LogP contribution in [-0.2, 0) is 15.8 Å². The van der Waals surface area contributed by atoms with Gasteiger partial charge in [-0.25, -0.2) is 4.39 Å². The van der Waals surface area contributed by atoms with Crippen LogP contribution in [0.3, 0.4) is 0 Å². The third-order valence-electron chi connectivity index (χ3n) is 7.22. The molecule has 1 fully saturated rings. The van der Waals surface area contributed by atoms with Gasteiger partial charge in [-0.15, -0.1) is 11.3 Å². The molecular formula is C29H23F4NO3S. The number of anilines is 1. The highest BCUT2D eigenvalue weighted by molar-refractivity contribution is 7.17. The number of carboxylic acids is 1. The lowest BCUT2D eigenvalue weighted by atomic mass is 9.69. The number of carbonyl (C=O) groups excluding carboxylic acids is 1. The number of nitrogens with one attached hydrogen (secondary N) is 1. The molecule has 0 aliphatic heterocycles. The van der Waals surface area contributed by atoms with E-state index >= 15 is 0 Å². The molecule has 2 N–H and O–H groups in total. The van der Waals surface area contributed by atoms with Gasteiger partial charge in [-0.1, -0.05) is 42.8 Å². The molecule has 1 saturated carbocycles. The molecule has 0 bridgehead atoms. The largest absolute Gasteiger partial charge is 0.481 e. The maximum atomic E-state index is 14.3. The second kappa shape index (κ2) is 10.2. The van der Waals surface area contributed by atoms with E-state index in [9.17, 15) is 32.3 Å². The second-order valence-corrected chi connectivity index (χ2v) is 10.4. The summed E-state index contributed by atoms with van der Waals surface area (Å²) >= 11 is 1.65. The van der Waals surface area contributed by atoms with E-state index in [2.05, 4.69) is 17.4 Å². The molecule has 3 atom stereocenters. The van der Waals surface area contributed by atoms with Gasteiger partial charge in [0.25, 0.3) is 0 Å². The van der Waals surface area contributed by atoms with Crippen molar-refractivity contribution < 1.29 is 32.3 Å². The van der Waals surface area contributed by atoms with Crippen LogP contribution in [0.25, 0.3) is 21.2 Å². The van der Waals surface area contributed by atoms with Crippen LogP contribution in [0.4, 0.5) is 23.2 Å². The molecule has 0 radical (unpaired) electrons. The number of alkyl halides is 3. The van der Waals surface area contributed by atoms with Gasteiger partial charge in [0, 0.05) is 10.1 Å². The fourth-order valence-corrected chi connectivity index (χ4v) is 6.20. The SMILES string of the molecule is O=C(O)[C@@H]1[C@@H](c2ccc(-c3cccc4sccc34)cc2)CCC[C@H]1C(=O)Nc1ccc(C(F)(F)F)cc1F. The van der Waals surface area contributed by atoms with Gasteiger partial charge in [0.2, 0.25) is 5.91 Å². The minimum atomic E-state index is -4.72. The maximum absolute atomic E-state index is 14.3. The van der Waals surface area contributed by atoms with Gasteiger partial charge < -0.3 is 10.4 Å². The molecule has 38 heavy (non-hydrogen) atoms. The summed E-state index contributed by atoms with van der Waals surface area (Å²) in [6, 6.07) is 17.6. The van der Waals surface area contributed by atoms with E-state index in [1.54, 1.807) is 11.3 Å². The summed E-state index contributed by atoms with van der Waals surface area (Å²) in [7, 11) is 0. The van der Waals surface area contributed by atoms with E-state index in [1.165, 1.54) is 4.70 Å². The molecule has 0 spiro atoms. The van der Waals surface area contributed by atoms with Crippen LogP contribution in [0.2, 0.25) is 0 Å². The quantitative estimate of drug-likeness (QED) is 0.252. The van der Waals surface area contributed by atoms with Crippen LogP contribution < -0.4 is 5.32 Å². The average Bonchev–Trinajstić information content (AvgIpc) is 3.38. The molecule has 1 aliphatic rings. The van der Waals surface area contributed by atoms with E-state index in [0.29, 0.717) is 25.0 Å². The van der Waals surface area contributed by atoms with Gasteiger partial charge in [0.1, 0.15) is 5.82 Å². The predicted octanol–water partition coefficient (Wildman–Crippen LogP) is 7.95. The molecule has 1 heterocycles. The van der Waals surface area contributed by atoms with Crippen molar-refractivity contribution in [3.8, 4) is 11.1 Å². The zero-order valence-corrected chi connectivity index (χ0v) is 20.8. The molecule has 3 aromatic carbocycles. The van der Waals surface area contributed by atoms with Gasteiger partial charge in [-0.2, -0.15) is 13.2 Å². The van der Waals surface area contributed by atoms with Crippen LogP contribution in [0.15, 0.2) is 72.1 Å². The molecule has 4 nitrogen and oxygen atoms in total. The average molecular weight is 542 g/mol. The first-order valence-electron chi connectivity index (χ1n) is 12.1. The van der Waals surface area contributed by atoms with Crippen molar-refractivity contribution in [2.24, 2.45) is 11.8 Å². The van der Waals surface area contributed by atoms with Crippen molar-refractivity contribution in [1.29, 1.82) is 0 Å². The third-order valence-corrected chi connectivity index (χ3v) is 8.10. The first-order valence-corrected chi connectivity index (χ1v) is 13.0. The number of thiophene rings is 1. The molecular weight excluding hydrogens is 518 g/mol. The van der Waals surface area contributed by atoms with E-state index in [-0.39, 0.29) is 6.42 Å². The Bertz CT molecular complexity index is 1500. The molecule has 9 heteroatoms. The fourth-order valence-electron chi connectivity index (χ4n) is 5.38. The lowest BCUT2D eigenvalue weighted by Gasteiger charge is -2.35. The Labute approximate surface area is 219 Å². The van der Waals surface area contributed by atoms with Gasteiger partial charge in [0.15, 0.2) is 0 Å². The zero-order valence-electron chi connectivity index (χ0n) is 20.0. The number of carboxylic acid groups (broad SMARTS) is 1. The summed E-state index contributed by atoms with van der Waals surface area (Å²) in [5.74, 6) is -5.57. The number of carbonyl (C=O) groups is 2. The first kappa shape index (κ1) is 25.9. The minimum absolute atomic E-state index is 0.278. The summed E-state index contributed by atoms with van der Waals surface area (Å²) in [5.41, 5.74) is 1.27. The number of aliphatic carboxylic acids is 1. The minimum Gasteiger partial charge on any atom is -0.481 e. The van der Waals surface area contributed by atoms with Crippen molar-refractivity contribution in [3.05, 3.63) is 89.1 Å². The van der Waals surface area contributed by atoms with E-state index in [4.69, 9.17) is 0 Å². The van der Waals surface area contributed by atoms with Crippen LogP contribution >= 0.6 is 11.3 Å². The Morgan fingerprint density at radius 3 is 2.42 bits per heavy atom. The Kier molecular flexibility index (Phi) is 6.96. The van der Waals surface area contributed by atoms with Crippen LogP contribution in [0, 0.1) is 17.7 Å². The molecule has 1 amide bonds. The Morgan fingerprint density at radius 1 is 0.974 bits per heavy atom. The smallest absolute Gasteiger partial charge is 0.416 e. The third kappa shape index (κ3) is 5.03. The van der Waals surface area contributed by atoms with Crippen LogP contribution in [-0.4, -0.2) is 17.0 Å². The number of hydrogen-bond acceptors (Lipinski definition) is 3. The first-order chi connectivity index (χ1) is 18.1. The summed E-state index contributed by atoms with van der Waals surface area (Å²) in [6.07, 6.45) is -3.30. The van der Waals surface area contributed by atoms with Gasteiger partial charge >= 0.3 is 12.1 Å². The summed E-state index contributed by atoms with van der Waals surface area (Å²) < 4.78 is 54.1. The Hall–Kier alpha value is -3.72. The number of rotatable bonds is 5. The van der Waals surface area contributed by atoms with Gasteiger partial charge in [0.05, 0.1) is 23.1 Å². The van der Waals surface area contributed by atoms with Crippen molar-refractivity contribution >= 4 is 39.0 Å². The molecule has 5 rings (SSSR count). The van der Waals surface area contributed by atoms with Crippen molar-refractivity contribution in [2.75, 3.05) is 5.32 Å². The lowest BCUT2D eigenvalue weighted by molar-refractivity contribution is -0.148. The monoisotopic (exact) mass is 541 g/mol. The number of amides is 1. The summed E-state index contributed by atoms with van der Waals surface area (Å²) in [6.45, 7) is 0. The predicted molar refractivity (Wildman–Crippen MR) is 139 cm³/mol. The molecule has 0 saturated heterocycles. The normalized spacial score (nSPS) is 19.8. The highest BCUT2D eigenvalue weighted by Gasteiger charge is 2.43. The van der Waals surface area contributed by atoms with E-state index < -0.39 is 52.9 Å². The zero-order chi connectivity index (χ0) is 27.0. The topological polar surface area (TPSA) is 66.4 Å². The second-order valence-electron chi connectivity index (χ2n) is 9.45. The van der Waals surface area contributed by atoms with E-state index in [1.807, 2.05) is 41.8 Å².